The van der Waals surface area contributed by atoms with E-state index in [-0.39, 0.29) is 9.49 Å². The number of ether oxygens (including phenoxy) is 1. The summed E-state index contributed by atoms with van der Waals surface area (Å²) in [6.45, 7) is 5.13. The van der Waals surface area contributed by atoms with Crippen molar-refractivity contribution in [3.8, 4) is 0 Å². The quantitative estimate of drug-likeness (QED) is 0.762. The molecule has 1 aromatic rings. The first-order valence-corrected chi connectivity index (χ1v) is 9.92. The third kappa shape index (κ3) is 2.05. The number of hydrogen-bond acceptors (Lipinski definition) is 4. The largest absolute Gasteiger partial charge is 0.377 e. The number of likely N-dealkylation sites (tertiary alicyclic amines) is 1. The molecule has 1 aromatic carbocycles. The molecule has 23 heavy (non-hydrogen) atoms. The Morgan fingerprint density at radius 3 is 2.83 bits per heavy atom. The number of hydrogen-bond donors (Lipinski definition) is 0. The van der Waals surface area contributed by atoms with E-state index < -0.39 is 0 Å². The molecule has 0 unspecified atom stereocenters. The smallest absolute Gasteiger partial charge is 0.117 e. The van der Waals surface area contributed by atoms with Gasteiger partial charge in [0.15, 0.2) is 0 Å². The Morgan fingerprint density at radius 2 is 2.04 bits per heavy atom. The van der Waals surface area contributed by atoms with Gasteiger partial charge in [0.2, 0.25) is 0 Å². The van der Waals surface area contributed by atoms with Crippen molar-refractivity contribution in [3.05, 3.63) is 47.6 Å². The predicted molar refractivity (Wildman–Crippen MR) is 97.3 cm³/mol. The summed E-state index contributed by atoms with van der Waals surface area (Å²) in [7, 11) is 2.26. The highest BCUT2D eigenvalue weighted by Gasteiger charge is 2.48. The van der Waals surface area contributed by atoms with Crippen molar-refractivity contribution in [2.24, 2.45) is 0 Å². The Hall–Kier alpha value is -0.680. The van der Waals surface area contributed by atoms with Crippen LogP contribution in [0.1, 0.15) is 18.9 Å². The molecular weight excluding hydrogens is 322 g/mol. The minimum atomic E-state index is 0.153. The first kappa shape index (κ1) is 14.6. The fraction of sp³-hybridized carbons (Fsp3) is 0.474. The van der Waals surface area contributed by atoms with Crippen molar-refractivity contribution in [1.82, 2.24) is 4.90 Å². The Labute approximate surface area is 146 Å². The van der Waals surface area contributed by atoms with E-state index in [0.29, 0.717) is 6.04 Å². The highest BCUT2D eigenvalue weighted by atomic mass is 32.2. The highest BCUT2D eigenvalue weighted by molar-refractivity contribution is 8.21. The third-order valence-corrected chi connectivity index (χ3v) is 8.64. The summed E-state index contributed by atoms with van der Waals surface area (Å²) in [5.74, 6) is 0. The summed E-state index contributed by atoms with van der Waals surface area (Å²) < 4.78 is 5.73. The van der Waals surface area contributed by atoms with Gasteiger partial charge in [-0.25, -0.2) is 0 Å². The molecule has 0 saturated carbocycles. The van der Waals surface area contributed by atoms with Gasteiger partial charge in [-0.15, -0.1) is 23.5 Å². The second kappa shape index (κ2) is 4.92. The Bertz CT molecular complexity index is 737. The van der Waals surface area contributed by atoms with Crippen molar-refractivity contribution in [1.29, 1.82) is 0 Å². The molecular formula is C19H21NOS2. The summed E-state index contributed by atoms with van der Waals surface area (Å²) in [6, 6.07) is 7.67. The van der Waals surface area contributed by atoms with Gasteiger partial charge < -0.3 is 4.74 Å². The van der Waals surface area contributed by atoms with Crippen molar-refractivity contribution in [3.63, 3.8) is 0 Å². The molecule has 1 aliphatic carbocycles. The van der Waals surface area contributed by atoms with Crippen LogP contribution in [0.5, 0.6) is 0 Å². The molecule has 120 valence electrons. The second-order valence-electron chi connectivity index (χ2n) is 7.23. The first-order chi connectivity index (χ1) is 11.1. The second-order valence-corrected chi connectivity index (χ2v) is 10.3. The standard InChI is InChI=1S/C19H21NOS2/c1-13-5-6-18(7-8-20(2)17(18)9-13)14-3-4-15-16(10-14)23-19(22-15)11-21-12-19/h3-6,9-10,17H,7-8,11-12H2,1-2H3/t17-,18-/m0/s1. The van der Waals surface area contributed by atoms with E-state index >= 15 is 0 Å². The Morgan fingerprint density at radius 1 is 1.22 bits per heavy atom. The van der Waals surface area contributed by atoms with E-state index in [9.17, 15) is 0 Å². The van der Waals surface area contributed by atoms with Gasteiger partial charge in [-0.1, -0.05) is 29.9 Å². The zero-order chi connectivity index (χ0) is 15.7. The van der Waals surface area contributed by atoms with E-state index in [1.807, 2.05) is 23.5 Å². The molecule has 1 spiro atoms. The van der Waals surface area contributed by atoms with Crippen molar-refractivity contribution >= 4 is 23.5 Å². The molecule has 2 nitrogen and oxygen atoms in total. The molecule has 2 atom stereocenters. The molecule has 0 radical (unpaired) electrons. The molecule has 3 heterocycles. The topological polar surface area (TPSA) is 12.5 Å². The van der Waals surface area contributed by atoms with E-state index in [2.05, 4.69) is 55.3 Å². The normalized spacial score (nSPS) is 34.2. The van der Waals surface area contributed by atoms with Gasteiger partial charge in [0.05, 0.1) is 13.2 Å². The molecule has 0 amide bonds. The Kier molecular flexibility index (Phi) is 3.13. The summed E-state index contributed by atoms with van der Waals surface area (Å²) in [5, 5.41) is 0. The average molecular weight is 344 g/mol. The zero-order valence-electron chi connectivity index (χ0n) is 13.5. The minimum absolute atomic E-state index is 0.153. The molecule has 0 aromatic heterocycles. The van der Waals surface area contributed by atoms with Crippen LogP contribution in [0.2, 0.25) is 0 Å². The summed E-state index contributed by atoms with van der Waals surface area (Å²) in [6.07, 6.45) is 8.43. The van der Waals surface area contributed by atoms with Gasteiger partial charge in [-0.3, -0.25) is 4.90 Å². The van der Waals surface area contributed by atoms with E-state index in [4.69, 9.17) is 4.74 Å². The van der Waals surface area contributed by atoms with Crippen molar-refractivity contribution in [2.45, 2.75) is 38.7 Å². The van der Waals surface area contributed by atoms with Crippen molar-refractivity contribution < 1.29 is 4.74 Å². The minimum Gasteiger partial charge on any atom is -0.377 e. The lowest BCUT2D eigenvalue weighted by atomic mass is 9.71. The van der Waals surface area contributed by atoms with Crippen LogP contribution in [-0.2, 0) is 10.2 Å². The fourth-order valence-electron chi connectivity index (χ4n) is 4.27. The van der Waals surface area contributed by atoms with E-state index in [1.54, 1.807) is 0 Å². The maximum Gasteiger partial charge on any atom is 0.117 e. The predicted octanol–water partition coefficient (Wildman–Crippen LogP) is 4.07. The average Bonchev–Trinajstić information content (AvgIpc) is 3.06. The van der Waals surface area contributed by atoms with Crippen molar-refractivity contribution in [2.75, 3.05) is 26.8 Å². The maximum absolute atomic E-state index is 5.46. The SMILES string of the molecule is CC1=C[C@@H]2N(C)CC[C@]2(c2ccc3c(c2)SC2(COC2)S3)C=C1. The number of allylic oxidation sites excluding steroid dienone is 2. The molecule has 3 aliphatic heterocycles. The lowest BCUT2D eigenvalue weighted by Crippen LogP contribution is -2.41. The lowest BCUT2D eigenvalue weighted by Gasteiger charge is -2.36. The number of rotatable bonds is 1. The first-order valence-electron chi connectivity index (χ1n) is 8.29. The zero-order valence-corrected chi connectivity index (χ0v) is 15.2. The van der Waals surface area contributed by atoms with Gasteiger partial charge in [0.1, 0.15) is 4.08 Å². The summed E-state index contributed by atoms with van der Waals surface area (Å²) in [4.78, 5) is 5.40. The van der Waals surface area contributed by atoms with Crippen LogP contribution >= 0.6 is 23.5 Å². The number of benzene rings is 1. The van der Waals surface area contributed by atoms with Gasteiger partial charge in [0.25, 0.3) is 0 Å². The Balaban J connectivity index is 1.55. The van der Waals surface area contributed by atoms with Crippen LogP contribution in [0.3, 0.4) is 0 Å². The summed E-state index contributed by atoms with van der Waals surface area (Å²) in [5.41, 5.74) is 3.02. The lowest BCUT2D eigenvalue weighted by molar-refractivity contribution is 0.0317. The fourth-order valence-corrected chi connectivity index (χ4v) is 7.24. The number of thioether (sulfide) groups is 2. The van der Waals surface area contributed by atoms with Gasteiger partial charge >= 0.3 is 0 Å². The van der Waals surface area contributed by atoms with E-state index in [1.165, 1.54) is 27.3 Å². The highest BCUT2D eigenvalue weighted by Crippen LogP contribution is 2.59. The van der Waals surface area contributed by atoms with Crippen LogP contribution in [0.25, 0.3) is 0 Å². The summed E-state index contributed by atoms with van der Waals surface area (Å²) >= 11 is 4.02. The van der Waals surface area contributed by atoms with Crippen LogP contribution in [0.4, 0.5) is 0 Å². The molecule has 5 rings (SSSR count). The molecule has 0 bridgehead atoms. The number of fused-ring (bicyclic) bond motifs is 2. The van der Waals surface area contributed by atoms with Gasteiger partial charge in [-0.2, -0.15) is 0 Å². The molecule has 4 aliphatic rings. The van der Waals surface area contributed by atoms with Gasteiger partial charge in [-0.05, 0) is 44.6 Å². The monoisotopic (exact) mass is 343 g/mol. The van der Waals surface area contributed by atoms with Crippen LogP contribution < -0.4 is 0 Å². The van der Waals surface area contributed by atoms with E-state index in [0.717, 1.165) is 19.8 Å². The van der Waals surface area contributed by atoms with Crippen LogP contribution in [-0.4, -0.2) is 41.8 Å². The molecule has 2 fully saturated rings. The van der Waals surface area contributed by atoms with Crippen LogP contribution in [0.15, 0.2) is 51.8 Å². The van der Waals surface area contributed by atoms with Gasteiger partial charge in [0, 0.05) is 21.2 Å². The number of nitrogens with zero attached hydrogens (tertiary/aromatic N) is 1. The molecule has 2 saturated heterocycles. The molecule has 0 N–H and O–H groups in total. The van der Waals surface area contributed by atoms with Crippen LogP contribution in [0, 0.1) is 0 Å². The number of likely N-dealkylation sites (N-methyl/N-ethyl adjacent to an activating group) is 1. The maximum atomic E-state index is 5.46. The molecule has 4 heteroatoms. The third-order valence-electron chi connectivity index (χ3n) is 5.66.